The number of halogens is 4. The molecular weight excluding hydrogens is 501 g/mol. The third-order valence-corrected chi connectivity index (χ3v) is 9.66. The van der Waals surface area contributed by atoms with E-state index in [0.717, 1.165) is 44.2 Å². The Bertz CT molecular complexity index is 1230. The second-order valence-electron chi connectivity index (χ2n) is 9.87. The molecule has 0 spiro atoms. The molecule has 0 radical (unpaired) electrons. The number of fused-ring (bicyclic) bond motifs is 2. The van der Waals surface area contributed by atoms with E-state index in [4.69, 9.17) is 11.6 Å². The molecule has 188 valence electrons. The monoisotopic (exact) mass is 526 g/mol. The molecule has 1 saturated heterocycles. The molecule has 0 aromatic heterocycles. The fourth-order valence-electron chi connectivity index (χ4n) is 5.37. The van der Waals surface area contributed by atoms with Gasteiger partial charge in [0.25, 0.3) is 5.91 Å². The predicted molar refractivity (Wildman–Crippen MR) is 126 cm³/mol. The maximum Gasteiger partial charge on any atom is 0.417 e. The van der Waals surface area contributed by atoms with Gasteiger partial charge in [-0.15, -0.1) is 0 Å². The van der Waals surface area contributed by atoms with E-state index in [2.05, 4.69) is 10.6 Å². The van der Waals surface area contributed by atoms with Crippen LogP contribution in [0.3, 0.4) is 0 Å². The molecule has 2 saturated carbocycles. The quantitative estimate of drug-likeness (QED) is 0.523. The zero-order valence-corrected chi connectivity index (χ0v) is 20.4. The number of hydrogen-bond acceptors (Lipinski definition) is 4. The summed E-state index contributed by atoms with van der Waals surface area (Å²) in [6, 6.07) is 9.42. The zero-order valence-electron chi connectivity index (χ0n) is 18.8. The van der Waals surface area contributed by atoms with Crippen LogP contribution in [0.15, 0.2) is 47.4 Å². The molecule has 2 aromatic carbocycles. The topological polar surface area (TPSA) is 75.3 Å². The first-order chi connectivity index (χ1) is 16.5. The van der Waals surface area contributed by atoms with E-state index in [1.165, 1.54) is 6.07 Å². The normalized spacial score (nSPS) is 25.0. The fourth-order valence-corrected chi connectivity index (χ4v) is 7.39. The first kappa shape index (κ1) is 24.6. The first-order valence-electron chi connectivity index (χ1n) is 11.8. The molecule has 2 aliphatic carbocycles. The highest BCUT2D eigenvalue weighted by Crippen LogP contribution is 2.41. The molecule has 1 heterocycles. The number of hydrogen-bond donors (Lipinski definition) is 2. The van der Waals surface area contributed by atoms with E-state index in [-0.39, 0.29) is 28.2 Å². The van der Waals surface area contributed by atoms with Gasteiger partial charge in [0.15, 0.2) is 9.84 Å². The van der Waals surface area contributed by atoms with Crippen LogP contribution in [0.1, 0.15) is 59.6 Å². The summed E-state index contributed by atoms with van der Waals surface area (Å²) >= 11 is 5.99. The Hall–Kier alpha value is -2.10. The lowest BCUT2D eigenvalue weighted by molar-refractivity contribution is -0.137. The first-order valence-corrected chi connectivity index (χ1v) is 13.8. The van der Waals surface area contributed by atoms with Gasteiger partial charge in [-0.05, 0) is 73.8 Å². The predicted octanol–water partition coefficient (Wildman–Crippen LogP) is 5.15. The number of carbonyl (C=O) groups excluding carboxylic acids is 1. The molecule has 5 nitrogen and oxygen atoms in total. The Balaban J connectivity index is 1.43. The fraction of sp³-hybridized carbons (Fsp3) is 0.480. The molecule has 4 atom stereocenters. The molecule has 10 heteroatoms. The molecule has 5 rings (SSSR count). The van der Waals surface area contributed by atoms with Crippen molar-refractivity contribution in [2.75, 3.05) is 5.75 Å². The largest absolute Gasteiger partial charge is 0.417 e. The van der Waals surface area contributed by atoms with Gasteiger partial charge in [0, 0.05) is 12.1 Å². The van der Waals surface area contributed by atoms with Crippen molar-refractivity contribution >= 4 is 27.3 Å². The van der Waals surface area contributed by atoms with Crippen molar-refractivity contribution in [2.45, 2.75) is 61.3 Å². The highest BCUT2D eigenvalue weighted by molar-refractivity contribution is 7.91. The van der Waals surface area contributed by atoms with Gasteiger partial charge in [0.1, 0.15) is 0 Å². The van der Waals surface area contributed by atoms with Gasteiger partial charge < -0.3 is 10.6 Å². The van der Waals surface area contributed by atoms with Crippen molar-refractivity contribution in [1.82, 2.24) is 10.6 Å². The van der Waals surface area contributed by atoms with Crippen LogP contribution in [0.4, 0.5) is 13.2 Å². The second kappa shape index (κ2) is 9.09. The second-order valence-corrected chi connectivity index (χ2v) is 12.3. The average molecular weight is 527 g/mol. The Morgan fingerprint density at radius 3 is 2.37 bits per heavy atom. The van der Waals surface area contributed by atoms with E-state index < -0.39 is 38.5 Å². The van der Waals surface area contributed by atoms with E-state index >= 15 is 0 Å². The van der Waals surface area contributed by atoms with Crippen molar-refractivity contribution < 1.29 is 26.4 Å². The SMILES string of the molecule is O=C(NC(c1ccc(S(=O)(=O)CC2CC2)cc1)C1N[C@@H]2CC[C@H]1C2)c1cccc(C(F)(F)F)c1Cl. The molecular formula is C25H26ClF3N2O3S. The maximum absolute atomic E-state index is 13.3. The molecule has 3 fully saturated rings. The molecule has 1 amide bonds. The lowest BCUT2D eigenvalue weighted by atomic mass is 9.89. The van der Waals surface area contributed by atoms with Gasteiger partial charge in [-0.25, -0.2) is 8.42 Å². The molecule has 2 bridgehead atoms. The van der Waals surface area contributed by atoms with Crippen LogP contribution >= 0.6 is 11.6 Å². The summed E-state index contributed by atoms with van der Waals surface area (Å²) in [5, 5.41) is 5.78. The highest BCUT2D eigenvalue weighted by Gasteiger charge is 2.44. The van der Waals surface area contributed by atoms with Crippen molar-refractivity contribution in [3.05, 3.63) is 64.2 Å². The van der Waals surface area contributed by atoms with Crippen LogP contribution < -0.4 is 10.6 Å². The van der Waals surface area contributed by atoms with Gasteiger partial charge in [-0.3, -0.25) is 4.79 Å². The Morgan fingerprint density at radius 1 is 1.09 bits per heavy atom. The van der Waals surface area contributed by atoms with Crippen molar-refractivity contribution in [3.8, 4) is 0 Å². The highest BCUT2D eigenvalue weighted by atomic mass is 35.5. The average Bonchev–Trinajstić information content (AvgIpc) is 3.34. The number of nitrogens with one attached hydrogen (secondary N) is 2. The Kier molecular flexibility index (Phi) is 6.38. The summed E-state index contributed by atoms with van der Waals surface area (Å²) < 4.78 is 65.2. The number of amides is 1. The van der Waals surface area contributed by atoms with Gasteiger partial charge >= 0.3 is 6.18 Å². The molecule has 2 N–H and O–H groups in total. The van der Waals surface area contributed by atoms with E-state index in [1.54, 1.807) is 24.3 Å². The number of benzene rings is 2. The lowest BCUT2D eigenvalue weighted by Crippen LogP contribution is -2.47. The van der Waals surface area contributed by atoms with Crippen LogP contribution in [0.2, 0.25) is 5.02 Å². The van der Waals surface area contributed by atoms with Crippen molar-refractivity contribution in [3.63, 3.8) is 0 Å². The minimum atomic E-state index is -4.68. The number of carbonyl (C=O) groups is 1. The Morgan fingerprint density at radius 2 is 1.80 bits per heavy atom. The summed E-state index contributed by atoms with van der Waals surface area (Å²) in [6.45, 7) is 0. The molecule has 2 aromatic rings. The van der Waals surface area contributed by atoms with Gasteiger partial charge in [0.05, 0.1) is 32.8 Å². The molecule has 3 aliphatic rings. The van der Waals surface area contributed by atoms with Crippen molar-refractivity contribution in [1.29, 1.82) is 0 Å². The van der Waals surface area contributed by atoms with E-state index in [0.29, 0.717) is 17.5 Å². The minimum absolute atomic E-state index is 0.115. The maximum atomic E-state index is 13.3. The van der Waals surface area contributed by atoms with E-state index in [9.17, 15) is 26.4 Å². The van der Waals surface area contributed by atoms with Crippen LogP contribution in [-0.2, 0) is 16.0 Å². The van der Waals surface area contributed by atoms with Crippen LogP contribution in [-0.4, -0.2) is 32.2 Å². The Labute approximate surface area is 207 Å². The summed E-state index contributed by atoms with van der Waals surface area (Å²) in [4.78, 5) is 13.4. The third-order valence-electron chi connectivity index (χ3n) is 7.35. The smallest absolute Gasteiger partial charge is 0.344 e. The molecule has 1 aliphatic heterocycles. The zero-order chi connectivity index (χ0) is 25.0. The lowest BCUT2D eigenvalue weighted by Gasteiger charge is -2.32. The summed E-state index contributed by atoms with van der Waals surface area (Å²) in [5.41, 5.74) is -0.623. The summed E-state index contributed by atoms with van der Waals surface area (Å²) in [7, 11) is -3.38. The number of rotatable bonds is 7. The van der Waals surface area contributed by atoms with Gasteiger partial charge in [0.2, 0.25) is 0 Å². The summed E-state index contributed by atoms with van der Waals surface area (Å²) in [5.74, 6) is -0.0436. The van der Waals surface area contributed by atoms with Gasteiger partial charge in [-0.1, -0.05) is 29.8 Å². The number of piperidine rings is 1. The molecule has 2 unspecified atom stereocenters. The minimum Gasteiger partial charge on any atom is -0.344 e. The number of alkyl halides is 3. The summed E-state index contributed by atoms with van der Waals surface area (Å²) in [6.07, 6.45) is 0.182. The third kappa shape index (κ3) is 5.08. The number of sulfone groups is 1. The standard InChI is InChI=1S/C25H26ClF3N2O3S/c26-21-19(2-1-3-20(21)25(27,28)29)24(32)31-22(23-16-6-9-17(12-16)30-23)15-7-10-18(11-8-15)35(33,34)13-14-4-5-14/h1-3,7-8,10-11,14,16-17,22-23,30H,4-6,9,12-13H2,(H,31,32)/t16-,17+,22?,23?/m0/s1. The molecule has 35 heavy (non-hydrogen) atoms. The van der Waals surface area contributed by atoms with Gasteiger partial charge in [-0.2, -0.15) is 13.2 Å². The van der Waals surface area contributed by atoms with Crippen molar-refractivity contribution in [2.24, 2.45) is 11.8 Å². The van der Waals surface area contributed by atoms with Crippen LogP contribution in [0, 0.1) is 11.8 Å². The van der Waals surface area contributed by atoms with Crippen LogP contribution in [0.5, 0.6) is 0 Å². The van der Waals surface area contributed by atoms with E-state index in [1.807, 2.05) is 0 Å². The van der Waals surface area contributed by atoms with Crippen LogP contribution in [0.25, 0.3) is 0 Å².